The normalized spacial score (nSPS) is 25.3. The summed E-state index contributed by atoms with van der Waals surface area (Å²) in [6, 6.07) is 0. The number of nitrogens with zero attached hydrogens (tertiary/aromatic N) is 1. The van der Waals surface area contributed by atoms with Gasteiger partial charge in [0.1, 0.15) is 0 Å². The van der Waals surface area contributed by atoms with Gasteiger partial charge in [0, 0.05) is 19.8 Å². The zero-order chi connectivity index (χ0) is 13.7. The standard InChI is InChI=1S/C15H27NO3/c1-2-3-13-4-8-16(9-5-13)12-15(14(17)18)6-10-19-11-7-15/h13H,2-12H2,1H3,(H,17,18). The van der Waals surface area contributed by atoms with Crippen LogP contribution in [0, 0.1) is 11.3 Å². The highest BCUT2D eigenvalue weighted by Gasteiger charge is 2.42. The van der Waals surface area contributed by atoms with Gasteiger partial charge in [-0.2, -0.15) is 0 Å². The summed E-state index contributed by atoms with van der Waals surface area (Å²) < 4.78 is 5.33. The molecule has 2 heterocycles. The first-order valence-electron chi connectivity index (χ1n) is 7.70. The van der Waals surface area contributed by atoms with Gasteiger partial charge in [0.25, 0.3) is 0 Å². The molecule has 4 heteroatoms. The molecule has 2 rings (SSSR count). The van der Waals surface area contributed by atoms with Crippen molar-refractivity contribution in [2.75, 3.05) is 32.8 Å². The monoisotopic (exact) mass is 269 g/mol. The maximum atomic E-state index is 11.6. The smallest absolute Gasteiger partial charge is 0.311 e. The van der Waals surface area contributed by atoms with Crippen LogP contribution in [0.15, 0.2) is 0 Å². The fourth-order valence-electron chi connectivity index (χ4n) is 3.47. The summed E-state index contributed by atoms with van der Waals surface area (Å²) >= 11 is 0. The summed E-state index contributed by atoms with van der Waals surface area (Å²) in [5, 5.41) is 9.57. The van der Waals surface area contributed by atoms with E-state index in [4.69, 9.17) is 4.74 Å². The topological polar surface area (TPSA) is 49.8 Å². The molecule has 2 saturated heterocycles. The average molecular weight is 269 g/mol. The molecule has 0 saturated carbocycles. The summed E-state index contributed by atoms with van der Waals surface area (Å²) in [6.45, 7) is 6.29. The predicted octanol–water partition coefficient (Wildman–Crippen LogP) is 2.38. The predicted molar refractivity (Wildman–Crippen MR) is 74.2 cm³/mol. The summed E-state index contributed by atoms with van der Waals surface area (Å²) in [5.41, 5.74) is -0.560. The fourth-order valence-corrected chi connectivity index (χ4v) is 3.47. The average Bonchev–Trinajstić information content (AvgIpc) is 2.42. The van der Waals surface area contributed by atoms with E-state index in [0.717, 1.165) is 19.0 Å². The quantitative estimate of drug-likeness (QED) is 0.832. The van der Waals surface area contributed by atoms with Gasteiger partial charge >= 0.3 is 5.97 Å². The summed E-state index contributed by atoms with van der Waals surface area (Å²) in [7, 11) is 0. The molecular weight excluding hydrogens is 242 g/mol. The molecule has 2 aliphatic rings. The highest BCUT2D eigenvalue weighted by atomic mass is 16.5. The van der Waals surface area contributed by atoms with Crippen molar-refractivity contribution in [2.45, 2.75) is 45.4 Å². The van der Waals surface area contributed by atoms with Crippen molar-refractivity contribution >= 4 is 5.97 Å². The molecule has 19 heavy (non-hydrogen) atoms. The van der Waals surface area contributed by atoms with E-state index < -0.39 is 11.4 Å². The fraction of sp³-hybridized carbons (Fsp3) is 0.933. The molecule has 0 atom stereocenters. The number of rotatable bonds is 5. The number of ether oxygens (including phenoxy) is 1. The molecule has 0 aromatic carbocycles. The zero-order valence-corrected chi connectivity index (χ0v) is 12.1. The molecule has 0 aliphatic carbocycles. The van der Waals surface area contributed by atoms with Crippen LogP contribution in [0.25, 0.3) is 0 Å². The lowest BCUT2D eigenvalue weighted by Gasteiger charge is -2.40. The second kappa shape index (κ2) is 6.71. The van der Waals surface area contributed by atoms with Crippen LogP contribution >= 0.6 is 0 Å². The van der Waals surface area contributed by atoms with Gasteiger partial charge in [0.2, 0.25) is 0 Å². The second-order valence-electron chi connectivity index (χ2n) is 6.21. The number of carbonyl (C=O) groups is 1. The number of aliphatic carboxylic acids is 1. The Balaban J connectivity index is 1.87. The van der Waals surface area contributed by atoms with E-state index in [1.54, 1.807) is 0 Å². The maximum Gasteiger partial charge on any atom is 0.311 e. The van der Waals surface area contributed by atoms with Crippen LogP contribution in [0.2, 0.25) is 0 Å². The molecule has 2 aliphatic heterocycles. The number of hydrogen-bond acceptors (Lipinski definition) is 3. The molecule has 2 fully saturated rings. The zero-order valence-electron chi connectivity index (χ0n) is 12.1. The number of piperidine rings is 1. The third-order valence-corrected chi connectivity index (χ3v) is 4.83. The van der Waals surface area contributed by atoms with E-state index in [0.29, 0.717) is 32.6 Å². The largest absolute Gasteiger partial charge is 0.481 e. The lowest BCUT2D eigenvalue weighted by atomic mass is 9.79. The van der Waals surface area contributed by atoms with Crippen molar-refractivity contribution in [3.63, 3.8) is 0 Å². The molecule has 110 valence electrons. The van der Waals surface area contributed by atoms with Crippen LogP contribution in [0.4, 0.5) is 0 Å². The minimum Gasteiger partial charge on any atom is -0.481 e. The Hall–Kier alpha value is -0.610. The lowest BCUT2D eigenvalue weighted by Crippen LogP contribution is -2.48. The van der Waals surface area contributed by atoms with Crippen LogP contribution < -0.4 is 0 Å². The Morgan fingerprint density at radius 2 is 1.95 bits per heavy atom. The molecule has 0 aromatic heterocycles. The third kappa shape index (κ3) is 3.69. The molecule has 4 nitrogen and oxygen atoms in total. The van der Waals surface area contributed by atoms with Gasteiger partial charge in [0.05, 0.1) is 5.41 Å². The van der Waals surface area contributed by atoms with Crippen LogP contribution in [-0.2, 0) is 9.53 Å². The van der Waals surface area contributed by atoms with Crippen molar-refractivity contribution in [1.82, 2.24) is 4.90 Å². The van der Waals surface area contributed by atoms with E-state index in [1.807, 2.05) is 0 Å². The Kier molecular flexibility index (Phi) is 5.22. The Bertz CT molecular complexity index is 292. The number of carboxylic acids is 1. The molecule has 0 aromatic rings. The number of hydrogen-bond donors (Lipinski definition) is 1. The highest BCUT2D eigenvalue weighted by molar-refractivity contribution is 5.75. The van der Waals surface area contributed by atoms with Gasteiger partial charge in [-0.3, -0.25) is 4.79 Å². The van der Waals surface area contributed by atoms with E-state index in [2.05, 4.69) is 11.8 Å². The molecule has 0 amide bonds. The first kappa shape index (κ1) is 14.8. The van der Waals surface area contributed by atoms with Gasteiger partial charge in [-0.25, -0.2) is 0 Å². The van der Waals surface area contributed by atoms with Crippen molar-refractivity contribution in [3.8, 4) is 0 Å². The number of carboxylic acid groups (broad SMARTS) is 1. The van der Waals surface area contributed by atoms with Crippen LogP contribution in [0.3, 0.4) is 0 Å². The van der Waals surface area contributed by atoms with Crippen LogP contribution in [0.1, 0.15) is 45.4 Å². The third-order valence-electron chi connectivity index (χ3n) is 4.83. The van der Waals surface area contributed by atoms with Crippen molar-refractivity contribution in [2.24, 2.45) is 11.3 Å². The molecule has 0 bridgehead atoms. The molecular formula is C15H27NO3. The van der Waals surface area contributed by atoms with Crippen LogP contribution in [-0.4, -0.2) is 48.8 Å². The van der Waals surface area contributed by atoms with Gasteiger partial charge < -0.3 is 14.7 Å². The van der Waals surface area contributed by atoms with E-state index in [-0.39, 0.29) is 0 Å². The Morgan fingerprint density at radius 1 is 1.32 bits per heavy atom. The summed E-state index contributed by atoms with van der Waals surface area (Å²) in [4.78, 5) is 14.0. The molecule has 0 spiro atoms. The summed E-state index contributed by atoms with van der Waals surface area (Å²) in [6.07, 6.45) is 6.39. The Morgan fingerprint density at radius 3 is 2.47 bits per heavy atom. The lowest BCUT2D eigenvalue weighted by molar-refractivity contribution is -0.157. The van der Waals surface area contributed by atoms with Gasteiger partial charge in [-0.05, 0) is 44.7 Å². The minimum absolute atomic E-state index is 0.560. The Labute approximate surface area is 116 Å². The maximum absolute atomic E-state index is 11.6. The highest BCUT2D eigenvalue weighted by Crippen LogP contribution is 2.33. The molecule has 0 radical (unpaired) electrons. The molecule has 1 N–H and O–H groups in total. The van der Waals surface area contributed by atoms with Crippen molar-refractivity contribution in [3.05, 3.63) is 0 Å². The molecule has 0 unspecified atom stereocenters. The minimum atomic E-state index is -0.633. The van der Waals surface area contributed by atoms with E-state index in [9.17, 15) is 9.90 Å². The van der Waals surface area contributed by atoms with Crippen molar-refractivity contribution < 1.29 is 14.6 Å². The second-order valence-corrected chi connectivity index (χ2v) is 6.21. The van der Waals surface area contributed by atoms with Crippen molar-refractivity contribution in [1.29, 1.82) is 0 Å². The number of likely N-dealkylation sites (tertiary alicyclic amines) is 1. The summed E-state index contributed by atoms with van der Waals surface area (Å²) in [5.74, 6) is 0.225. The first-order valence-corrected chi connectivity index (χ1v) is 7.70. The van der Waals surface area contributed by atoms with Gasteiger partial charge in [-0.1, -0.05) is 19.8 Å². The van der Waals surface area contributed by atoms with Gasteiger partial charge in [-0.15, -0.1) is 0 Å². The SMILES string of the molecule is CCCC1CCN(CC2(C(=O)O)CCOCC2)CC1. The first-order chi connectivity index (χ1) is 9.16. The van der Waals surface area contributed by atoms with Gasteiger partial charge in [0.15, 0.2) is 0 Å². The van der Waals surface area contributed by atoms with E-state index >= 15 is 0 Å². The van der Waals surface area contributed by atoms with Crippen LogP contribution in [0.5, 0.6) is 0 Å². The van der Waals surface area contributed by atoms with E-state index in [1.165, 1.54) is 25.7 Å².